The van der Waals surface area contributed by atoms with E-state index in [4.69, 9.17) is 10.5 Å². The van der Waals surface area contributed by atoms with Gasteiger partial charge in [0, 0.05) is 20.3 Å². The van der Waals surface area contributed by atoms with Crippen LogP contribution in [0, 0.1) is 0 Å². The molecule has 5 heteroatoms. The van der Waals surface area contributed by atoms with Crippen molar-refractivity contribution in [2.45, 2.75) is 0 Å². The molecule has 0 radical (unpaired) electrons. The third kappa shape index (κ3) is 2.40. The van der Waals surface area contributed by atoms with Crippen molar-refractivity contribution in [2.24, 2.45) is 7.05 Å². The van der Waals surface area contributed by atoms with Crippen LogP contribution in [0.2, 0.25) is 0 Å². The number of rotatable bonds is 3. The van der Waals surface area contributed by atoms with Crippen molar-refractivity contribution in [3.05, 3.63) is 42.2 Å². The van der Waals surface area contributed by atoms with Gasteiger partial charge in [-0.2, -0.15) is 0 Å². The Hall–Kier alpha value is -2.43. The molecule has 0 aliphatic rings. The summed E-state index contributed by atoms with van der Waals surface area (Å²) in [6.07, 6.45) is 1.71. The van der Waals surface area contributed by atoms with Crippen molar-refractivity contribution in [3.63, 3.8) is 0 Å². The molecule has 1 aromatic carbocycles. The van der Waals surface area contributed by atoms with Crippen LogP contribution in [0.3, 0.4) is 0 Å². The number of aromatic nitrogens is 1. The molecule has 0 fully saturated rings. The second kappa shape index (κ2) is 5.06. The fourth-order valence-electron chi connectivity index (χ4n) is 1.99. The molecule has 0 saturated carbocycles. The Bertz CT molecular complexity index is 604. The zero-order chi connectivity index (χ0) is 14.0. The molecule has 2 aromatic rings. The summed E-state index contributed by atoms with van der Waals surface area (Å²) < 4.78 is 6.97. The largest absolute Gasteiger partial charge is 0.495 e. The van der Waals surface area contributed by atoms with Gasteiger partial charge in [-0.25, -0.2) is 0 Å². The first-order chi connectivity index (χ1) is 9.04. The number of carbonyl (C=O) groups excluding carboxylic acids is 1. The number of methoxy groups -OCH3 is 1. The number of nitrogens with two attached hydrogens (primary N) is 1. The van der Waals surface area contributed by atoms with Crippen molar-refractivity contribution in [2.75, 3.05) is 24.8 Å². The summed E-state index contributed by atoms with van der Waals surface area (Å²) in [4.78, 5) is 14.0. The van der Waals surface area contributed by atoms with Crippen LogP contribution < -0.4 is 15.4 Å². The summed E-state index contributed by atoms with van der Waals surface area (Å²) in [5.41, 5.74) is 7.52. The second-order valence-electron chi connectivity index (χ2n) is 4.31. The predicted octanol–water partition coefficient (Wildman–Crippen LogP) is 1.89. The molecule has 2 rings (SSSR count). The zero-order valence-corrected chi connectivity index (χ0v) is 11.3. The summed E-state index contributed by atoms with van der Waals surface area (Å²) in [5.74, 6) is 0.518. The average Bonchev–Trinajstić information content (AvgIpc) is 2.76. The van der Waals surface area contributed by atoms with Crippen LogP contribution in [0.5, 0.6) is 5.75 Å². The Morgan fingerprint density at radius 1 is 1.37 bits per heavy atom. The summed E-state index contributed by atoms with van der Waals surface area (Å²) in [7, 11) is 5.08. The monoisotopic (exact) mass is 259 g/mol. The van der Waals surface area contributed by atoms with Crippen LogP contribution in [0.4, 0.5) is 11.4 Å². The minimum atomic E-state index is -0.135. The third-order valence-electron chi connectivity index (χ3n) is 3.00. The lowest BCUT2D eigenvalue weighted by atomic mass is 10.2. The van der Waals surface area contributed by atoms with E-state index in [0.717, 1.165) is 5.69 Å². The standard InChI is InChI=1S/C14H17N3O2/c1-16-9-10(15)8-12(16)14(18)17(2)11-6-4-5-7-13(11)19-3/h4-9H,15H2,1-3H3. The fraction of sp³-hybridized carbons (Fsp3) is 0.214. The van der Waals surface area contributed by atoms with Gasteiger partial charge in [-0.05, 0) is 18.2 Å². The highest BCUT2D eigenvalue weighted by molar-refractivity contribution is 6.06. The van der Waals surface area contributed by atoms with E-state index in [0.29, 0.717) is 17.1 Å². The van der Waals surface area contributed by atoms with E-state index in [-0.39, 0.29) is 5.91 Å². The molecule has 0 aliphatic carbocycles. The van der Waals surface area contributed by atoms with Crippen LogP contribution in [0.25, 0.3) is 0 Å². The number of para-hydroxylation sites is 2. The summed E-state index contributed by atoms with van der Waals surface area (Å²) in [5, 5.41) is 0. The van der Waals surface area contributed by atoms with Gasteiger partial charge >= 0.3 is 0 Å². The summed E-state index contributed by atoms with van der Waals surface area (Å²) in [6, 6.07) is 9.04. The van der Waals surface area contributed by atoms with Crippen LogP contribution in [0.15, 0.2) is 36.5 Å². The van der Waals surface area contributed by atoms with Gasteiger partial charge in [0.15, 0.2) is 0 Å². The number of hydrogen-bond donors (Lipinski definition) is 1. The number of nitrogens with zero attached hydrogens (tertiary/aromatic N) is 2. The zero-order valence-electron chi connectivity index (χ0n) is 11.3. The van der Waals surface area contributed by atoms with E-state index in [2.05, 4.69) is 0 Å². The summed E-state index contributed by atoms with van der Waals surface area (Å²) in [6.45, 7) is 0. The van der Waals surface area contributed by atoms with Crippen LogP contribution in [-0.2, 0) is 7.05 Å². The minimum Gasteiger partial charge on any atom is -0.495 e. The number of amides is 1. The molecule has 1 aromatic heterocycles. The first-order valence-electron chi connectivity index (χ1n) is 5.87. The molecule has 0 atom stereocenters. The Morgan fingerprint density at radius 3 is 2.63 bits per heavy atom. The van der Waals surface area contributed by atoms with Crippen LogP contribution >= 0.6 is 0 Å². The normalized spacial score (nSPS) is 10.3. The topological polar surface area (TPSA) is 60.5 Å². The van der Waals surface area contributed by atoms with E-state index < -0.39 is 0 Å². The maximum absolute atomic E-state index is 12.4. The maximum atomic E-state index is 12.4. The van der Waals surface area contributed by atoms with Crippen molar-refractivity contribution in [1.29, 1.82) is 0 Å². The van der Waals surface area contributed by atoms with Gasteiger partial charge in [-0.15, -0.1) is 0 Å². The number of nitrogen functional groups attached to an aromatic ring is 1. The van der Waals surface area contributed by atoms with Crippen molar-refractivity contribution in [1.82, 2.24) is 4.57 Å². The first kappa shape index (κ1) is 13.0. The molecule has 19 heavy (non-hydrogen) atoms. The van der Waals surface area contributed by atoms with Gasteiger partial charge in [-0.1, -0.05) is 12.1 Å². The van der Waals surface area contributed by atoms with E-state index in [1.165, 1.54) is 0 Å². The Balaban J connectivity index is 2.36. The molecule has 0 unspecified atom stereocenters. The Morgan fingerprint density at radius 2 is 2.05 bits per heavy atom. The quantitative estimate of drug-likeness (QED) is 0.915. The van der Waals surface area contributed by atoms with Gasteiger partial charge < -0.3 is 19.9 Å². The SMILES string of the molecule is COc1ccccc1N(C)C(=O)c1cc(N)cn1C. The number of aryl methyl sites for hydroxylation is 1. The van der Waals surface area contributed by atoms with Crippen LogP contribution in [-0.4, -0.2) is 24.6 Å². The molecule has 0 bridgehead atoms. The minimum absolute atomic E-state index is 0.135. The molecule has 100 valence electrons. The smallest absolute Gasteiger partial charge is 0.274 e. The molecule has 0 spiro atoms. The number of hydrogen-bond acceptors (Lipinski definition) is 3. The predicted molar refractivity (Wildman–Crippen MR) is 75.6 cm³/mol. The van der Waals surface area contributed by atoms with Crippen molar-refractivity contribution in [3.8, 4) is 5.75 Å². The fourth-order valence-corrected chi connectivity index (χ4v) is 1.99. The number of benzene rings is 1. The molecule has 5 nitrogen and oxygen atoms in total. The third-order valence-corrected chi connectivity index (χ3v) is 3.00. The van der Waals surface area contributed by atoms with E-state index in [1.54, 1.807) is 42.9 Å². The molecular formula is C14H17N3O2. The second-order valence-corrected chi connectivity index (χ2v) is 4.31. The number of anilines is 2. The molecule has 2 N–H and O–H groups in total. The highest BCUT2D eigenvalue weighted by atomic mass is 16.5. The molecule has 1 heterocycles. The number of carbonyl (C=O) groups is 1. The lowest BCUT2D eigenvalue weighted by molar-refractivity contribution is 0.0984. The van der Waals surface area contributed by atoms with Gasteiger partial charge in [0.05, 0.1) is 18.5 Å². The lowest BCUT2D eigenvalue weighted by Gasteiger charge is -2.20. The highest BCUT2D eigenvalue weighted by Crippen LogP contribution is 2.27. The average molecular weight is 259 g/mol. The Kier molecular flexibility index (Phi) is 3.46. The molecule has 0 aliphatic heterocycles. The first-order valence-corrected chi connectivity index (χ1v) is 5.87. The van der Waals surface area contributed by atoms with E-state index in [1.807, 2.05) is 24.3 Å². The summed E-state index contributed by atoms with van der Waals surface area (Å²) >= 11 is 0. The molecular weight excluding hydrogens is 242 g/mol. The van der Waals surface area contributed by atoms with Gasteiger partial charge in [-0.3, -0.25) is 4.79 Å². The van der Waals surface area contributed by atoms with E-state index in [9.17, 15) is 4.79 Å². The highest BCUT2D eigenvalue weighted by Gasteiger charge is 2.19. The van der Waals surface area contributed by atoms with Gasteiger partial charge in [0.1, 0.15) is 11.4 Å². The van der Waals surface area contributed by atoms with Gasteiger partial charge in [0.25, 0.3) is 5.91 Å². The molecule has 1 amide bonds. The maximum Gasteiger partial charge on any atom is 0.274 e. The van der Waals surface area contributed by atoms with Crippen LogP contribution in [0.1, 0.15) is 10.5 Å². The number of ether oxygens (including phenoxy) is 1. The van der Waals surface area contributed by atoms with Crippen molar-refractivity contribution < 1.29 is 9.53 Å². The molecule has 0 saturated heterocycles. The Labute approximate surface area is 112 Å². The van der Waals surface area contributed by atoms with Gasteiger partial charge in [0.2, 0.25) is 0 Å². The lowest BCUT2D eigenvalue weighted by Crippen LogP contribution is -2.28. The van der Waals surface area contributed by atoms with E-state index >= 15 is 0 Å². The van der Waals surface area contributed by atoms with Crippen molar-refractivity contribution >= 4 is 17.3 Å².